The Labute approximate surface area is 134 Å². The number of carbonyl (C=O) groups excluding carboxylic acids is 1. The third-order valence-corrected chi connectivity index (χ3v) is 5.49. The molecular formula is C14H19N3O5S. The molecule has 2 rings (SSSR count). The maximum atomic E-state index is 11.7. The molecule has 1 aromatic carbocycles. The van der Waals surface area contributed by atoms with Gasteiger partial charge in [0.15, 0.2) is 9.84 Å². The summed E-state index contributed by atoms with van der Waals surface area (Å²) in [6.07, 6.45) is 0.785. The van der Waals surface area contributed by atoms with Crippen LogP contribution in [0.3, 0.4) is 0 Å². The molecule has 8 nitrogen and oxygen atoms in total. The van der Waals surface area contributed by atoms with Gasteiger partial charge in [-0.05, 0) is 24.5 Å². The number of nitro groups is 1. The van der Waals surface area contributed by atoms with Crippen LogP contribution in [0.4, 0.5) is 11.4 Å². The Kier molecular flexibility index (Phi) is 5.54. The second-order valence-corrected chi connectivity index (χ2v) is 7.78. The van der Waals surface area contributed by atoms with Crippen molar-refractivity contribution in [2.45, 2.75) is 12.8 Å². The molecule has 0 radical (unpaired) electrons. The number of nitrogens with zero attached hydrogens (tertiary/aromatic N) is 1. The first kappa shape index (κ1) is 17.2. The zero-order chi connectivity index (χ0) is 16.9. The fourth-order valence-corrected chi connectivity index (χ4v) is 4.34. The van der Waals surface area contributed by atoms with Gasteiger partial charge in [0.25, 0.3) is 5.69 Å². The molecule has 1 amide bonds. The second-order valence-electron chi connectivity index (χ2n) is 5.55. The van der Waals surface area contributed by atoms with E-state index in [9.17, 15) is 23.3 Å². The highest BCUT2D eigenvalue weighted by Crippen LogP contribution is 2.21. The van der Waals surface area contributed by atoms with E-state index in [0.29, 0.717) is 19.5 Å². The summed E-state index contributed by atoms with van der Waals surface area (Å²) in [4.78, 5) is 21.8. The van der Waals surface area contributed by atoms with Crippen LogP contribution in [0.2, 0.25) is 0 Å². The van der Waals surface area contributed by atoms with Gasteiger partial charge in [0.1, 0.15) is 0 Å². The first-order valence-corrected chi connectivity index (χ1v) is 9.13. The summed E-state index contributed by atoms with van der Waals surface area (Å²) >= 11 is 0. The van der Waals surface area contributed by atoms with Crippen LogP contribution in [0.15, 0.2) is 24.3 Å². The lowest BCUT2D eigenvalue weighted by molar-refractivity contribution is -0.384. The maximum Gasteiger partial charge on any atom is 0.269 e. The molecule has 1 aromatic rings. The van der Waals surface area contributed by atoms with E-state index in [2.05, 4.69) is 10.6 Å². The molecule has 0 bridgehead atoms. The number of hydrogen-bond donors (Lipinski definition) is 2. The van der Waals surface area contributed by atoms with Crippen LogP contribution < -0.4 is 10.6 Å². The van der Waals surface area contributed by atoms with Gasteiger partial charge >= 0.3 is 0 Å². The van der Waals surface area contributed by atoms with Gasteiger partial charge in [-0.1, -0.05) is 0 Å². The van der Waals surface area contributed by atoms with Crippen molar-refractivity contribution < 1.29 is 18.1 Å². The van der Waals surface area contributed by atoms with Crippen LogP contribution in [0.1, 0.15) is 12.8 Å². The molecule has 1 aliphatic heterocycles. The highest BCUT2D eigenvalue weighted by Gasteiger charge is 2.29. The number of benzene rings is 1. The van der Waals surface area contributed by atoms with E-state index in [1.807, 2.05) is 0 Å². The largest absolute Gasteiger partial charge is 0.383 e. The first-order chi connectivity index (χ1) is 10.9. The lowest BCUT2D eigenvalue weighted by atomic mass is 10.1. The molecule has 1 saturated heterocycles. The molecule has 0 aliphatic carbocycles. The van der Waals surface area contributed by atoms with Crippen molar-refractivity contribution in [2.75, 3.05) is 29.9 Å². The Balaban J connectivity index is 1.65. The summed E-state index contributed by atoms with van der Waals surface area (Å²) in [5.41, 5.74) is 0.752. The van der Waals surface area contributed by atoms with Gasteiger partial charge in [0.05, 0.1) is 16.4 Å². The Morgan fingerprint density at radius 1 is 1.26 bits per heavy atom. The smallest absolute Gasteiger partial charge is 0.269 e. The highest BCUT2D eigenvalue weighted by atomic mass is 32.2. The number of nitro benzene ring substituents is 1. The van der Waals surface area contributed by atoms with Crippen molar-refractivity contribution in [1.29, 1.82) is 0 Å². The average molecular weight is 341 g/mol. The summed E-state index contributed by atoms with van der Waals surface area (Å²) in [5.74, 6) is 0.0360. The summed E-state index contributed by atoms with van der Waals surface area (Å²) < 4.78 is 22.6. The summed E-state index contributed by atoms with van der Waals surface area (Å²) in [5, 5.41) is 16.3. The van der Waals surface area contributed by atoms with Crippen LogP contribution in [0.5, 0.6) is 0 Å². The van der Waals surface area contributed by atoms with Gasteiger partial charge in [-0.25, -0.2) is 8.42 Å². The van der Waals surface area contributed by atoms with Crippen LogP contribution in [0, 0.1) is 16.0 Å². The number of hydrogen-bond acceptors (Lipinski definition) is 6. The van der Waals surface area contributed by atoms with Crippen LogP contribution in [-0.2, 0) is 14.6 Å². The molecule has 9 heteroatoms. The molecule has 1 heterocycles. The van der Waals surface area contributed by atoms with E-state index in [1.54, 1.807) is 12.1 Å². The fourth-order valence-electron chi connectivity index (χ4n) is 2.48. The Morgan fingerprint density at radius 3 is 2.52 bits per heavy atom. The Hall–Kier alpha value is -2.16. The van der Waals surface area contributed by atoms with Crippen molar-refractivity contribution in [3.05, 3.63) is 34.4 Å². The first-order valence-electron chi connectivity index (χ1n) is 7.31. The van der Waals surface area contributed by atoms with Gasteiger partial charge in [-0.15, -0.1) is 0 Å². The van der Waals surface area contributed by atoms with Crippen LogP contribution >= 0.6 is 0 Å². The van der Waals surface area contributed by atoms with Crippen molar-refractivity contribution in [2.24, 2.45) is 5.92 Å². The Morgan fingerprint density at radius 2 is 1.96 bits per heavy atom. The molecule has 23 heavy (non-hydrogen) atoms. The van der Waals surface area contributed by atoms with Crippen molar-refractivity contribution in [1.82, 2.24) is 5.32 Å². The fraction of sp³-hybridized carbons (Fsp3) is 0.500. The molecule has 1 atom stereocenters. The van der Waals surface area contributed by atoms with Gasteiger partial charge in [-0.2, -0.15) is 0 Å². The number of amides is 1. The topological polar surface area (TPSA) is 118 Å². The number of non-ortho nitro benzene ring substituents is 1. The molecule has 0 unspecified atom stereocenters. The quantitative estimate of drug-likeness (QED) is 0.433. The second kappa shape index (κ2) is 7.40. The van der Waals surface area contributed by atoms with Crippen molar-refractivity contribution >= 4 is 27.1 Å². The van der Waals surface area contributed by atoms with E-state index in [4.69, 9.17) is 0 Å². The van der Waals surface area contributed by atoms with Gasteiger partial charge in [0.2, 0.25) is 5.91 Å². The lowest BCUT2D eigenvalue weighted by Gasteiger charge is -2.10. The van der Waals surface area contributed by atoms with E-state index >= 15 is 0 Å². The summed E-state index contributed by atoms with van der Waals surface area (Å²) in [6.45, 7) is 0.877. The lowest BCUT2D eigenvalue weighted by Crippen LogP contribution is -2.30. The van der Waals surface area contributed by atoms with Crippen LogP contribution in [-0.4, -0.2) is 43.8 Å². The zero-order valence-corrected chi connectivity index (χ0v) is 13.3. The Bertz CT molecular complexity index is 672. The molecule has 2 N–H and O–H groups in total. The third kappa shape index (κ3) is 5.51. The molecule has 126 valence electrons. The standard InChI is InChI=1S/C14H19N3O5S/c18-14(9-11-5-8-23(21,22)10-11)16-7-6-15-12-1-3-13(4-2-12)17(19)20/h1-4,11,15H,5-10H2,(H,16,18)/t11-/m1/s1. The van der Waals surface area contributed by atoms with Gasteiger partial charge in [0, 0.05) is 37.3 Å². The molecular weight excluding hydrogens is 322 g/mol. The normalized spacial score (nSPS) is 19.2. The molecule has 1 fully saturated rings. The summed E-state index contributed by atoms with van der Waals surface area (Å²) in [7, 11) is -2.95. The van der Waals surface area contributed by atoms with E-state index in [0.717, 1.165) is 5.69 Å². The summed E-state index contributed by atoms with van der Waals surface area (Å²) in [6, 6.07) is 6.01. The van der Waals surface area contributed by atoms with Gasteiger partial charge in [-0.3, -0.25) is 14.9 Å². The average Bonchev–Trinajstić information content (AvgIpc) is 2.83. The van der Waals surface area contributed by atoms with Crippen LogP contribution in [0.25, 0.3) is 0 Å². The number of rotatable bonds is 7. The van der Waals surface area contributed by atoms with E-state index in [1.165, 1.54) is 12.1 Å². The predicted molar refractivity (Wildman–Crippen MR) is 86.0 cm³/mol. The monoisotopic (exact) mass is 341 g/mol. The van der Waals surface area contributed by atoms with Gasteiger partial charge < -0.3 is 10.6 Å². The molecule has 0 saturated carbocycles. The number of sulfone groups is 1. The predicted octanol–water partition coefficient (Wildman–Crippen LogP) is 0.948. The minimum absolute atomic E-state index is 0.0235. The minimum Gasteiger partial charge on any atom is -0.383 e. The SMILES string of the molecule is O=C(C[C@H]1CCS(=O)(=O)C1)NCCNc1ccc([N+](=O)[O-])cc1. The van der Waals surface area contributed by atoms with Crippen molar-refractivity contribution in [3.63, 3.8) is 0 Å². The zero-order valence-electron chi connectivity index (χ0n) is 12.5. The minimum atomic E-state index is -2.95. The molecule has 0 aromatic heterocycles. The highest BCUT2D eigenvalue weighted by molar-refractivity contribution is 7.91. The number of anilines is 1. The van der Waals surface area contributed by atoms with E-state index < -0.39 is 14.8 Å². The van der Waals surface area contributed by atoms with Crippen molar-refractivity contribution in [3.8, 4) is 0 Å². The number of nitrogens with one attached hydrogen (secondary N) is 2. The third-order valence-electron chi connectivity index (χ3n) is 3.66. The number of carbonyl (C=O) groups is 1. The molecule has 1 aliphatic rings. The maximum absolute atomic E-state index is 11.7. The van der Waals surface area contributed by atoms with E-state index in [-0.39, 0.29) is 35.4 Å². The molecule has 0 spiro atoms.